The van der Waals surface area contributed by atoms with Gasteiger partial charge in [-0.05, 0) is 0 Å². The predicted molar refractivity (Wildman–Crippen MR) is 29.6 cm³/mol. The molecule has 0 bridgehead atoms. The number of hydrogen-bond donors (Lipinski definition) is 0. The molecule has 0 aromatic heterocycles. The summed E-state index contributed by atoms with van der Waals surface area (Å²) in [7, 11) is 0. The maximum absolute atomic E-state index is 0. The Hall–Kier alpha value is 0.159. The molecule has 0 amide bonds. The molecule has 0 unspecified atom stereocenters. The van der Waals surface area contributed by atoms with Crippen LogP contribution in [0.2, 0.25) is 0 Å². The minimum absolute atomic E-state index is 0. The first-order chi connectivity index (χ1) is 0. The first kappa shape index (κ1) is 33500. The molecule has 0 fully saturated rings. The summed E-state index contributed by atoms with van der Waals surface area (Å²) in [5.74, 6) is 0. The summed E-state index contributed by atoms with van der Waals surface area (Å²) in [6.45, 7) is 0. The Morgan fingerprint density at radius 1 is 0.300 bits per heavy atom. The van der Waals surface area contributed by atoms with Gasteiger partial charge >= 0.3 is 17.1 Å². The zero-order chi connectivity index (χ0) is 0. The van der Waals surface area contributed by atoms with Gasteiger partial charge in [-0.1, -0.05) is 0 Å². The quantitative estimate of drug-likeness (QED) is 0.340. The van der Waals surface area contributed by atoms with Crippen molar-refractivity contribution >= 4 is 0 Å². The van der Waals surface area contributed by atoms with E-state index in [2.05, 4.69) is 0 Å². The fourth-order valence-electron chi connectivity index (χ4n) is 0. The van der Waals surface area contributed by atoms with Crippen molar-refractivity contribution in [1.82, 2.24) is 0 Å². The maximum Gasteiger partial charge on any atom is 2.00 e. The smallest absolute Gasteiger partial charge is 2.00 e. The maximum atomic E-state index is 0. The van der Waals surface area contributed by atoms with Crippen LogP contribution < -0.4 is 0 Å². The Labute approximate surface area is 67.3 Å². The van der Waals surface area contributed by atoms with Crippen LogP contribution in [0, 0.1) is 0 Å². The third kappa shape index (κ3) is 16400. The minimum atomic E-state index is 0. The van der Waals surface area contributed by atoms with Crippen LogP contribution in [0.15, 0.2) is 0 Å². The van der Waals surface area contributed by atoms with Crippen LogP contribution in [0.25, 0.3) is 0 Å². The Kier molecular flexibility index (Phi) is 80300000. The number of rotatable bonds is 0. The van der Waals surface area contributed by atoms with E-state index in [1.807, 2.05) is 0 Å². The molecular formula is H16FeO9. The second kappa shape index (κ2) is 24000. The zero-order valence-electron chi connectivity index (χ0n) is 4.76. The van der Waals surface area contributed by atoms with Gasteiger partial charge in [-0.3, -0.25) is 0 Å². The van der Waals surface area contributed by atoms with Gasteiger partial charge in [0.1, 0.15) is 0 Å². The first-order valence-corrected chi connectivity index (χ1v) is 0. The van der Waals surface area contributed by atoms with Crippen LogP contribution in [0.4, 0.5) is 0 Å². The monoisotopic (exact) mass is 216 g/mol. The van der Waals surface area contributed by atoms with Gasteiger partial charge in [-0.2, -0.15) is 0 Å². The van der Waals surface area contributed by atoms with Gasteiger partial charge in [-0.25, -0.2) is 0 Å². The van der Waals surface area contributed by atoms with Crippen molar-refractivity contribution in [1.29, 1.82) is 0 Å². The first-order valence-electron chi connectivity index (χ1n) is 0. The summed E-state index contributed by atoms with van der Waals surface area (Å²) in [5, 5.41) is 0. The van der Waals surface area contributed by atoms with Crippen LogP contribution in [0.3, 0.4) is 0 Å². The van der Waals surface area contributed by atoms with Gasteiger partial charge in [0.15, 0.2) is 0 Å². The van der Waals surface area contributed by atoms with Crippen LogP contribution in [0.1, 0.15) is 0 Å². The molecule has 0 heterocycles. The van der Waals surface area contributed by atoms with Gasteiger partial charge in [0.25, 0.3) is 0 Å². The Morgan fingerprint density at radius 3 is 0.300 bits per heavy atom. The third-order valence-corrected chi connectivity index (χ3v) is 0. The summed E-state index contributed by atoms with van der Waals surface area (Å²) >= 11 is 0. The molecule has 16 N–H and O–H groups in total. The number of hydrogen-bond acceptors (Lipinski definition) is 0. The Balaban J connectivity index is 0. The van der Waals surface area contributed by atoms with Crippen molar-refractivity contribution in [3.05, 3.63) is 0 Å². The van der Waals surface area contributed by atoms with Crippen LogP contribution >= 0.6 is 0 Å². The third-order valence-electron chi connectivity index (χ3n) is 0. The van der Waals surface area contributed by atoms with E-state index in [0.29, 0.717) is 0 Å². The van der Waals surface area contributed by atoms with E-state index >= 15 is 0 Å². The summed E-state index contributed by atoms with van der Waals surface area (Å²) in [5.41, 5.74) is 0. The fraction of sp³-hybridized carbons (Fsp3) is 0. The normalized spacial score (nSPS) is 0. The van der Waals surface area contributed by atoms with E-state index < -0.39 is 0 Å². The van der Waals surface area contributed by atoms with Crippen LogP contribution in [0.5, 0.6) is 0 Å². The van der Waals surface area contributed by atoms with Crippen molar-refractivity contribution in [3.8, 4) is 0 Å². The summed E-state index contributed by atoms with van der Waals surface area (Å²) < 4.78 is 0. The van der Waals surface area contributed by atoms with Crippen molar-refractivity contribution in [2.24, 2.45) is 0 Å². The van der Waals surface area contributed by atoms with E-state index in [4.69, 9.17) is 0 Å². The molecular weight excluding hydrogens is 200 g/mol. The summed E-state index contributed by atoms with van der Waals surface area (Å²) in [6, 6.07) is 0. The predicted octanol–water partition coefficient (Wildman–Crippen LogP) is -6.72. The van der Waals surface area contributed by atoms with Crippen molar-refractivity contribution in [2.45, 2.75) is 0 Å². The fourth-order valence-corrected chi connectivity index (χ4v) is 0. The molecule has 0 atom stereocenters. The molecule has 0 saturated heterocycles. The van der Waals surface area contributed by atoms with E-state index in [1.54, 1.807) is 0 Å². The van der Waals surface area contributed by atoms with Gasteiger partial charge in [0, 0.05) is 0 Å². The minimum Gasteiger partial charge on any atom is -2.00 e. The molecule has 0 rings (SSSR count). The van der Waals surface area contributed by atoms with Gasteiger partial charge in [0.2, 0.25) is 0 Å². The summed E-state index contributed by atoms with van der Waals surface area (Å²) in [4.78, 5) is 0. The standard InChI is InChI=1S/Fe.8H2O.O/h;8*1H2;/q+2;;;;;;;;;-2. The molecule has 10 heteroatoms. The topological polar surface area (TPSA) is 280 Å². The molecule has 0 radical (unpaired) electrons. The average molecular weight is 216 g/mol. The van der Waals surface area contributed by atoms with Crippen LogP contribution in [-0.4, -0.2) is 43.8 Å². The zero-order valence-corrected chi connectivity index (χ0v) is 5.87. The average Bonchev–Trinajstić information content (AvgIpc) is 0. The van der Waals surface area contributed by atoms with E-state index in [9.17, 15) is 0 Å². The van der Waals surface area contributed by atoms with Gasteiger partial charge < -0.3 is 49.3 Å². The van der Waals surface area contributed by atoms with E-state index in [1.165, 1.54) is 0 Å². The van der Waals surface area contributed by atoms with Crippen molar-refractivity contribution < 1.29 is 66.4 Å². The molecule has 0 aliphatic heterocycles. The van der Waals surface area contributed by atoms with Crippen molar-refractivity contribution in [2.75, 3.05) is 0 Å². The van der Waals surface area contributed by atoms with Crippen molar-refractivity contribution in [3.63, 3.8) is 0 Å². The molecule has 0 aliphatic carbocycles. The second-order valence-corrected chi connectivity index (χ2v) is 0. The van der Waals surface area contributed by atoms with E-state index in [-0.39, 0.29) is 66.4 Å². The molecule has 0 saturated carbocycles. The van der Waals surface area contributed by atoms with Gasteiger partial charge in [-0.15, -0.1) is 0 Å². The Morgan fingerprint density at radius 2 is 0.300 bits per heavy atom. The molecule has 0 aromatic carbocycles. The SMILES string of the molecule is O.O.O.O.O.O.O.O.[Fe+2].[O-2]. The summed E-state index contributed by atoms with van der Waals surface area (Å²) in [6.07, 6.45) is 0. The van der Waals surface area contributed by atoms with Crippen LogP contribution in [-0.2, 0) is 22.5 Å². The van der Waals surface area contributed by atoms with E-state index in [0.717, 1.165) is 0 Å². The van der Waals surface area contributed by atoms with Gasteiger partial charge in [0.05, 0.1) is 0 Å². The second-order valence-electron chi connectivity index (χ2n) is 0. The Bertz CT molecular complexity index is 4.69. The molecule has 10 heavy (non-hydrogen) atoms. The largest absolute Gasteiger partial charge is 2.00 e. The molecule has 0 spiro atoms. The molecule has 0 aromatic rings. The molecule has 78 valence electrons. The molecule has 0 aliphatic rings. The molecule has 9 nitrogen and oxygen atoms in total.